The van der Waals surface area contributed by atoms with E-state index in [1.165, 1.54) is 6.07 Å². The van der Waals surface area contributed by atoms with E-state index in [0.717, 1.165) is 0 Å². The van der Waals surface area contributed by atoms with E-state index in [0.29, 0.717) is 12.4 Å². The fourth-order valence-electron chi connectivity index (χ4n) is 0.928. The SMILES string of the molecule is CCOc1ccccc1OP(=O)(O)O.[KH]. The van der Waals surface area contributed by atoms with E-state index < -0.39 is 7.82 Å². The van der Waals surface area contributed by atoms with Gasteiger partial charge in [0.15, 0.2) is 11.5 Å². The van der Waals surface area contributed by atoms with Crippen LogP contribution in [-0.4, -0.2) is 67.8 Å². The van der Waals surface area contributed by atoms with Crippen LogP contribution in [0.4, 0.5) is 0 Å². The van der Waals surface area contributed by atoms with Gasteiger partial charge in [0.2, 0.25) is 0 Å². The van der Waals surface area contributed by atoms with Crippen molar-refractivity contribution in [1.82, 2.24) is 0 Å². The summed E-state index contributed by atoms with van der Waals surface area (Å²) in [5.41, 5.74) is 0. The molecule has 0 heterocycles. The average Bonchev–Trinajstić information content (AvgIpc) is 2.06. The molecule has 0 unspecified atom stereocenters. The summed E-state index contributed by atoms with van der Waals surface area (Å²) in [7, 11) is -4.52. The monoisotopic (exact) mass is 258 g/mol. The van der Waals surface area contributed by atoms with Crippen molar-refractivity contribution in [3.63, 3.8) is 0 Å². The first kappa shape index (κ1) is 15.6. The molecule has 80 valence electrons. The first-order chi connectivity index (χ1) is 6.53. The Kier molecular flexibility index (Phi) is 7.32. The van der Waals surface area contributed by atoms with Crippen LogP contribution in [0.5, 0.6) is 11.5 Å². The van der Waals surface area contributed by atoms with Gasteiger partial charge >= 0.3 is 59.2 Å². The van der Waals surface area contributed by atoms with Gasteiger partial charge < -0.3 is 9.26 Å². The Morgan fingerprint density at radius 3 is 2.27 bits per heavy atom. The summed E-state index contributed by atoms with van der Waals surface area (Å²) in [6.07, 6.45) is 0. The molecule has 0 aliphatic rings. The van der Waals surface area contributed by atoms with Crippen molar-refractivity contribution in [3.05, 3.63) is 24.3 Å². The van der Waals surface area contributed by atoms with Gasteiger partial charge in [-0.3, -0.25) is 9.79 Å². The number of para-hydroxylation sites is 2. The van der Waals surface area contributed by atoms with Crippen molar-refractivity contribution in [3.8, 4) is 11.5 Å². The number of hydrogen-bond acceptors (Lipinski definition) is 3. The van der Waals surface area contributed by atoms with E-state index in [-0.39, 0.29) is 57.1 Å². The molecule has 0 aliphatic carbocycles. The molecule has 0 bridgehead atoms. The zero-order chi connectivity index (χ0) is 10.6. The van der Waals surface area contributed by atoms with Gasteiger partial charge in [-0.05, 0) is 19.1 Å². The molecule has 1 aromatic rings. The molecule has 1 aromatic carbocycles. The van der Waals surface area contributed by atoms with Crippen LogP contribution in [0.25, 0.3) is 0 Å². The Labute approximate surface area is 130 Å². The van der Waals surface area contributed by atoms with E-state index in [4.69, 9.17) is 14.5 Å². The topological polar surface area (TPSA) is 76.0 Å². The zero-order valence-corrected chi connectivity index (χ0v) is 8.48. The maximum atomic E-state index is 10.6. The third kappa shape index (κ3) is 6.04. The van der Waals surface area contributed by atoms with Crippen LogP contribution in [0, 0.1) is 0 Å². The van der Waals surface area contributed by atoms with Gasteiger partial charge in [-0.15, -0.1) is 0 Å². The van der Waals surface area contributed by atoms with Crippen molar-refractivity contribution in [2.45, 2.75) is 6.92 Å². The summed E-state index contributed by atoms with van der Waals surface area (Å²) >= 11 is 0. The zero-order valence-electron chi connectivity index (χ0n) is 7.58. The predicted molar refractivity (Wildman–Crippen MR) is 57.4 cm³/mol. The predicted octanol–water partition coefficient (Wildman–Crippen LogP) is 0.908. The number of benzene rings is 1. The second-order valence-corrected chi connectivity index (χ2v) is 3.63. The quantitative estimate of drug-likeness (QED) is 0.620. The number of phosphoric acid groups is 1. The Balaban J connectivity index is 0.00000196. The summed E-state index contributed by atoms with van der Waals surface area (Å²) in [6.45, 7) is 2.18. The molecule has 0 saturated heterocycles. The molecule has 0 aliphatic heterocycles. The molecule has 1 rings (SSSR count). The van der Waals surface area contributed by atoms with E-state index in [2.05, 4.69) is 4.52 Å². The van der Waals surface area contributed by atoms with Crippen molar-refractivity contribution in [1.29, 1.82) is 0 Å². The molecule has 5 nitrogen and oxygen atoms in total. The second kappa shape index (κ2) is 7.03. The second-order valence-electron chi connectivity index (χ2n) is 2.46. The Morgan fingerprint density at radius 1 is 1.27 bits per heavy atom. The first-order valence-electron chi connectivity index (χ1n) is 4.00. The van der Waals surface area contributed by atoms with Crippen LogP contribution in [0.2, 0.25) is 0 Å². The summed E-state index contributed by atoms with van der Waals surface area (Å²) in [5, 5.41) is 0. The third-order valence-electron chi connectivity index (χ3n) is 1.37. The fourth-order valence-corrected chi connectivity index (χ4v) is 1.34. The maximum absolute atomic E-state index is 10.6. The molecule has 0 fully saturated rings. The van der Waals surface area contributed by atoms with E-state index >= 15 is 0 Å². The van der Waals surface area contributed by atoms with Crippen molar-refractivity contribution >= 4 is 59.2 Å². The van der Waals surface area contributed by atoms with Crippen LogP contribution in [0.3, 0.4) is 0 Å². The number of hydrogen-bond donors (Lipinski definition) is 2. The standard InChI is InChI=1S/C8H11O5P.K.H/c1-2-12-7-5-3-4-6-8(7)13-14(9,10)11;;/h3-6H,2H2,1H3,(H2,9,10,11);;. The Bertz CT molecular complexity index is 351. The van der Waals surface area contributed by atoms with Gasteiger partial charge in [0.1, 0.15) is 0 Å². The van der Waals surface area contributed by atoms with E-state index in [1.807, 2.05) is 0 Å². The van der Waals surface area contributed by atoms with E-state index in [1.54, 1.807) is 25.1 Å². The summed E-state index contributed by atoms with van der Waals surface area (Å²) < 4.78 is 20.1. The summed E-state index contributed by atoms with van der Waals surface area (Å²) in [6, 6.07) is 6.31. The third-order valence-corrected chi connectivity index (χ3v) is 1.80. The molecular weight excluding hydrogens is 246 g/mol. The van der Waals surface area contributed by atoms with Crippen LogP contribution < -0.4 is 9.26 Å². The van der Waals surface area contributed by atoms with E-state index in [9.17, 15) is 4.57 Å². The molecular formula is C8H12KO5P. The normalized spacial score (nSPS) is 10.3. The van der Waals surface area contributed by atoms with Crippen molar-refractivity contribution < 1.29 is 23.6 Å². The van der Waals surface area contributed by atoms with Gasteiger partial charge in [-0.2, -0.15) is 0 Å². The molecule has 0 spiro atoms. The minimum absolute atomic E-state index is 0. The van der Waals surface area contributed by atoms with Crippen LogP contribution in [0.1, 0.15) is 6.92 Å². The summed E-state index contributed by atoms with van der Waals surface area (Å²) in [4.78, 5) is 17.2. The van der Waals surface area contributed by atoms with Gasteiger partial charge in [0.25, 0.3) is 0 Å². The molecule has 0 atom stereocenters. The van der Waals surface area contributed by atoms with Gasteiger partial charge in [-0.1, -0.05) is 12.1 Å². The van der Waals surface area contributed by atoms with Gasteiger partial charge in [0, 0.05) is 0 Å². The first-order valence-corrected chi connectivity index (χ1v) is 5.53. The van der Waals surface area contributed by atoms with Crippen LogP contribution in [-0.2, 0) is 4.57 Å². The van der Waals surface area contributed by atoms with Crippen LogP contribution in [0.15, 0.2) is 24.3 Å². The van der Waals surface area contributed by atoms with Crippen LogP contribution >= 0.6 is 7.82 Å². The number of ether oxygens (including phenoxy) is 1. The van der Waals surface area contributed by atoms with Crippen molar-refractivity contribution in [2.75, 3.05) is 6.61 Å². The molecule has 15 heavy (non-hydrogen) atoms. The molecule has 0 saturated carbocycles. The number of phosphoric ester groups is 1. The Hall–Kier alpha value is 0.606. The molecule has 2 N–H and O–H groups in total. The van der Waals surface area contributed by atoms with Gasteiger partial charge in [0.05, 0.1) is 6.61 Å². The molecule has 0 radical (unpaired) electrons. The fraction of sp³-hybridized carbons (Fsp3) is 0.250. The molecule has 0 amide bonds. The van der Waals surface area contributed by atoms with Crippen molar-refractivity contribution in [2.24, 2.45) is 0 Å². The average molecular weight is 258 g/mol. The minimum atomic E-state index is -4.52. The summed E-state index contributed by atoms with van der Waals surface area (Å²) in [5.74, 6) is 0.362. The van der Waals surface area contributed by atoms with Gasteiger partial charge in [-0.25, -0.2) is 4.57 Å². The molecule has 7 heteroatoms. The Morgan fingerprint density at radius 2 is 1.80 bits per heavy atom. The molecule has 0 aromatic heterocycles. The number of rotatable bonds is 4.